The molecule has 1 heterocycles. The lowest BCUT2D eigenvalue weighted by atomic mass is 9.99. The predicted molar refractivity (Wildman–Crippen MR) is 161 cm³/mol. The number of hydrogen-bond donors (Lipinski definition) is 4. The summed E-state index contributed by atoms with van der Waals surface area (Å²) in [5, 5.41) is 10.5. The zero-order valence-corrected chi connectivity index (χ0v) is 26.3. The van der Waals surface area contributed by atoms with Crippen LogP contribution in [0.5, 0.6) is 0 Å². The molecule has 10 nitrogen and oxygen atoms in total. The van der Waals surface area contributed by atoms with E-state index in [4.69, 9.17) is 0 Å². The van der Waals surface area contributed by atoms with Crippen molar-refractivity contribution in [2.45, 2.75) is 76.6 Å². The van der Waals surface area contributed by atoms with E-state index in [2.05, 4.69) is 37.2 Å². The molecule has 1 fully saturated rings. The summed E-state index contributed by atoms with van der Waals surface area (Å²) in [5.41, 5.74) is 0.745. The van der Waals surface area contributed by atoms with Crippen molar-refractivity contribution in [1.82, 2.24) is 21.3 Å². The van der Waals surface area contributed by atoms with Crippen molar-refractivity contribution >= 4 is 66.0 Å². The van der Waals surface area contributed by atoms with Gasteiger partial charge in [0.25, 0.3) is 5.91 Å². The summed E-state index contributed by atoms with van der Waals surface area (Å²) in [6.45, 7) is 5.15. The van der Waals surface area contributed by atoms with E-state index in [9.17, 15) is 28.2 Å². The molecular formula is C27H39BrN4O6S2. The Hall–Kier alpha value is -2.25. The molecule has 1 aliphatic heterocycles. The predicted octanol–water partition coefficient (Wildman–Crippen LogP) is 2.17. The van der Waals surface area contributed by atoms with E-state index in [1.54, 1.807) is 45.0 Å². The molecule has 2 rings (SSSR count). The molecule has 1 aromatic carbocycles. The molecule has 0 aromatic heterocycles. The van der Waals surface area contributed by atoms with Crippen LogP contribution in [0, 0.1) is 5.92 Å². The van der Waals surface area contributed by atoms with E-state index in [0.29, 0.717) is 6.42 Å². The van der Waals surface area contributed by atoms with Crippen molar-refractivity contribution in [2.75, 3.05) is 18.8 Å². The number of carbonyl (C=O) groups excluding carboxylic acids is 5. The Morgan fingerprint density at radius 3 is 2.33 bits per heavy atom. The van der Waals surface area contributed by atoms with Gasteiger partial charge in [-0.25, -0.2) is 4.21 Å². The Balaban J connectivity index is 1.90. The number of halogens is 1. The number of nitrogens with one attached hydrogen (secondary N) is 4. The lowest BCUT2D eigenvalue weighted by molar-refractivity contribution is -0.140. The van der Waals surface area contributed by atoms with Gasteiger partial charge < -0.3 is 21.3 Å². The Kier molecular flexibility index (Phi) is 14.9. The van der Waals surface area contributed by atoms with Crippen LogP contribution in [0.15, 0.2) is 28.7 Å². The van der Waals surface area contributed by atoms with E-state index in [0.717, 1.165) is 35.1 Å². The van der Waals surface area contributed by atoms with Crippen molar-refractivity contribution in [3.63, 3.8) is 0 Å². The van der Waals surface area contributed by atoms with Gasteiger partial charge in [-0.2, -0.15) is 0 Å². The second-order valence-corrected chi connectivity index (χ2v) is 14.4. The van der Waals surface area contributed by atoms with E-state index in [-0.39, 0.29) is 43.0 Å². The molecule has 0 radical (unpaired) electrons. The second kappa shape index (κ2) is 17.5. The van der Waals surface area contributed by atoms with Gasteiger partial charge in [0, 0.05) is 34.9 Å². The Morgan fingerprint density at radius 1 is 1.02 bits per heavy atom. The number of unbranched alkanes of at least 4 members (excludes halogenated alkanes) is 1. The second-order valence-electron chi connectivity index (χ2n) is 9.92. The van der Waals surface area contributed by atoms with Crippen molar-refractivity contribution in [2.24, 2.45) is 5.92 Å². The van der Waals surface area contributed by atoms with Gasteiger partial charge in [0.15, 0.2) is 0 Å². The average Bonchev–Trinajstić information content (AvgIpc) is 3.33. The van der Waals surface area contributed by atoms with Crippen LogP contribution < -0.4 is 21.3 Å². The fraction of sp³-hybridized carbons (Fsp3) is 0.593. The van der Waals surface area contributed by atoms with Crippen LogP contribution >= 0.6 is 26.7 Å². The van der Waals surface area contributed by atoms with Crippen LogP contribution in [-0.4, -0.2) is 69.8 Å². The first kappa shape index (κ1) is 34.0. The number of carbonyl (C=O) groups is 5. The smallest absolute Gasteiger partial charge is 0.289 e. The van der Waals surface area contributed by atoms with Gasteiger partial charge in [-0.3, -0.25) is 24.0 Å². The number of hydrogen-bond acceptors (Lipinski definition) is 7. The third kappa shape index (κ3) is 11.7. The maximum absolute atomic E-state index is 13.2. The van der Waals surface area contributed by atoms with Crippen LogP contribution in [0.4, 0.5) is 0 Å². The van der Waals surface area contributed by atoms with Gasteiger partial charge in [-0.05, 0) is 49.8 Å². The van der Waals surface area contributed by atoms with Crippen molar-refractivity contribution < 1.29 is 28.2 Å². The first-order valence-corrected chi connectivity index (χ1v) is 17.0. The summed E-state index contributed by atoms with van der Waals surface area (Å²) in [6, 6.07) is 5.06. The average molecular weight is 660 g/mol. The first-order valence-electron chi connectivity index (χ1n) is 13.5. The van der Waals surface area contributed by atoms with Crippen molar-refractivity contribution in [3.8, 4) is 0 Å². The fourth-order valence-corrected chi connectivity index (χ4v) is 7.87. The molecule has 4 N–H and O–H groups in total. The van der Waals surface area contributed by atoms with E-state index < -0.39 is 45.4 Å². The number of amides is 4. The molecular weight excluding hydrogens is 620 g/mol. The lowest BCUT2D eigenvalue weighted by Crippen LogP contribution is -2.57. The summed E-state index contributed by atoms with van der Waals surface area (Å²) in [5.74, 6) is -2.41. The van der Waals surface area contributed by atoms with E-state index in [1.165, 1.54) is 10.8 Å². The van der Waals surface area contributed by atoms with Gasteiger partial charge in [0.1, 0.15) is 12.1 Å². The number of likely N-dealkylation sites (N-methyl/N-ethyl adjacent to an activating group) is 1. The highest BCUT2D eigenvalue weighted by Gasteiger charge is 2.31. The monoisotopic (exact) mass is 658 g/mol. The molecule has 0 spiro atoms. The zero-order valence-electron chi connectivity index (χ0n) is 23.1. The Morgan fingerprint density at radius 2 is 1.73 bits per heavy atom. The number of benzene rings is 1. The zero-order chi connectivity index (χ0) is 29.7. The number of Topliss-reactive ketones (excluding diaryl/α,β-unsaturated/α-hetero) is 1. The summed E-state index contributed by atoms with van der Waals surface area (Å²) >= 11 is 3.36. The van der Waals surface area contributed by atoms with Gasteiger partial charge in [-0.1, -0.05) is 59.1 Å². The molecule has 4 atom stereocenters. The molecule has 1 aromatic rings. The highest BCUT2D eigenvalue weighted by atomic mass is 79.9. The topological polar surface area (TPSA) is 151 Å². The minimum Gasteiger partial charge on any atom is -0.350 e. The summed E-state index contributed by atoms with van der Waals surface area (Å²) in [4.78, 5) is 63.0. The molecule has 0 saturated carbocycles. The minimum absolute atomic E-state index is 0.0965. The molecule has 1 saturated heterocycles. The molecule has 1 aliphatic rings. The lowest BCUT2D eigenvalue weighted by Gasteiger charge is -2.25. The van der Waals surface area contributed by atoms with Gasteiger partial charge in [0.2, 0.25) is 23.5 Å². The molecule has 40 heavy (non-hydrogen) atoms. The number of ketones is 1. The molecule has 0 bridgehead atoms. The highest BCUT2D eigenvalue weighted by molar-refractivity contribution is 9.10. The highest BCUT2D eigenvalue weighted by Crippen LogP contribution is 2.29. The molecule has 222 valence electrons. The van der Waals surface area contributed by atoms with Crippen LogP contribution in [0.25, 0.3) is 0 Å². The summed E-state index contributed by atoms with van der Waals surface area (Å²) in [7, 11) is 0.652. The maximum atomic E-state index is 13.2. The fourth-order valence-electron chi connectivity index (χ4n) is 4.11. The third-order valence-corrected chi connectivity index (χ3v) is 10.5. The Bertz CT molecular complexity index is 1070. The van der Waals surface area contributed by atoms with E-state index in [1.807, 2.05) is 0 Å². The van der Waals surface area contributed by atoms with Crippen LogP contribution in [0.1, 0.15) is 58.4 Å². The normalized spacial score (nSPS) is 18.0. The molecule has 4 amide bonds. The summed E-state index contributed by atoms with van der Waals surface area (Å²) < 4.78 is 12.6. The maximum Gasteiger partial charge on any atom is 0.289 e. The molecule has 2 unspecified atom stereocenters. The van der Waals surface area contributed by atoms with Crippen LogP contribution in [0.3, 0.4) is 0 Å². The SMILES string of the molecule is CCNC(=O)C(=O)[C@H](Cc1ccc(Br)cc1)NC(=O)[C@@H](NC(=O)CNC(=O)CCCCC1CCSS1=O)C(C)C. The standard InChI is InChI=1S/C27H39BrN4O6S2/c1-4-29-27(37)25(35)21(15-18-9-11-19(28)12-10-18)31-26(36)24(17(2)3)32-23(34)16-30-22(33)8-6-5-7-20-13-14-39-40(20)38/h9-12,17,20-21,24H,4-8,13-16H2,1-3H3,(H,29,37)(H,30,33)(H,31,36)(H,32,34)/t20?,21-,24-,40?/m0/s1. The molecule has 0 aliphatic carbocycles. The van der Waals surface area contributed by atoms with Crippen molar-refractivity contribution in [1.29, 1.82) is 0 Å². The quantitative estimate of drug-likeness (QED) is 0.121. The minimum atomic E-state index is -1.13. The van der Waals surface area contributed by atoms with Crippen molar-refractivity contribution in [3.05, 3.63) is 34.3 Å². The Labute approximate surface area is 250 Å². The van der Waals surface area contributed by atoms with Gasteiger partial charge in [-0.15, -0.1) is 0 Å². The van der Waals surface area contributed by atoms with Crippen LogP contribution in [0.2, 0.25) is 0 Å². The van der Waals surface area contributed by atoms with Crippen LogP contribution in [-0.2, 0) is 40.2 Å². The van der Waals surface area contributed by atoms with Gasteiger partial charge in [0.05, 0.1) is 16.4 Å². The van der Waals surface area contributed by atoms with E-state index >= 15 is 0 Å². The number of rotatable bonds is 16. The third-order valence-electron chi connectivity index (χ3n) is 6.35. The molecule has 13 heteroatoms. The largest absolute Gasteiger partial charge is 0.350 e. The van der Waals surface area contributed by atoms with Gasteiger partial charge >= 0.3 is 0 Å². The summed E-state index contributed by atoms with van der Waals surface area (Å²) in [6.07, 6.45) is 3.56. The first-order chi connectivity index (χ1) is 19.0.